The van der Waals surface area contributed by atoms with E-state index in [2.05, 4.69) is 0 Å². The first-order chi connectivity index (χ1) is 6.65. The Morgan fingerprint density at radius 3 is 2.36 bits per heavy atom. The van der Waals surface area contributed by atoms with E-state index in [0.29, 0.717) is 11.1 Å². The number of nitrogens with zero attached hydrogens (tertiary/aromatic N) is 1. The molecule has 0 unspecified atom stereocenters. The lowest BCUT2D eigenvalue weighted by molar-refractivity contribution is 0.0697. The molecule has 0 aromatic heterocycles. The summed E-state index contributed by atoms with van der Waals surface area (Å²) in [6, 6.07) is 6.39. The Balaban J connectivity index is 0.000000791. The first kappa shape index (κ1) is 12.2. The highest BCUT2D eigenvalue weighted by molar-refractivity contribution is 5.88. The third kappa shape index (κ3) is 2.91. The summed E-state index contributed by atoms with van der Waals surface area (Å²) in [6.45, 7) is 5.71. The summed E-state index contributed by atoms with van der Waals surface area (Å²) in [6.07, 6.45) is 0. The van der Waals surface area contributed by atoms with Crippen LogP contribution < -0.4 is 0 Å². The Morgan fingerprint density at radius 2 is 2.00 bits per heavy atom. The summed E-state index contributed by atoms with van der Waals surface area (Å²) in [7, 11) is 0. The number of hydrogen-bond donors (Lipinski definition) is 1. The summed E-state index contributed by atoms with van der Waals surface area (Å²) in [5.74, 6) is -0.970. The van der Waals surface area contributed by atoms with E-state index in [-0.39, 0.29) is 5.56 Å². The molecule has 14 heavy (non-hydrogen) atoms. The Morgan fingerprint density at radius 1 is 1.43 bits per heavy atom. The molecule has 0 aliphatic heterocycles. The lowest BCUT2D eigenvalue weighted by atomic mass is 10.1. The summed E-state index contributed by atoms with van der Waals surface area (Å²) >= 11 is 0. The highest BCUT2D eigenvalue weighted by Gasteiger charge is 2.04. The molecule has 1 aromatic carbocycles. The van der Waals surface area contributed by atoms with Crippen LogP contribution in [0.1, 0.15) is 35.3 Å². The quantitative estimate of drug-likeness (QED) is 0.742. The van der Waals surface area contributed by atoms with E-state index >= 15 is 0 Å². The van der Waals surface area contributed by atoms with Crippen molar-refractivity contribution in [3.05, 3.63) is 34.9 Å². The lowest BCUT2D eigenvalue weighted by Crippen LogP contribution is -1.97. The zero-order valence-corrected chi connectivity index (χ0v) is 8.53. The Hall–Kier alpha value is -1.82. The minimum atomic E-state index is -0.970. The topological polar surface area (TPSA) is 61.1 Å². The molecular formula is C11H13NO2. The summed E-state index contributed by atoms with van der Waals surface area (Å²) in [5, 5.41) is 17.1. The van der Waals surface area contributed by atoms with Crippen molar-refractivity contribution in [3.63, 3.8) is 0 Å². The van der Waals surface area contributed by atoms with Gasteiger partial charge in [0.1, 0.15) is 0 Å². The maximum atomic E-state index is 10.5. The molecule has 0 saturated heterocycles. The Labute approximate surface area is 83.6 Å². The van der Waals surface area contributed by atoms with Crippen molar-refractivity contribution in [2.45, 2.75) is 20.8 Å². The lowest BCUT2D eigenvalue weighted by Gasteiger charge is -1.97. The molecule has 0 heterocycles. The van der Waals surface area contributed by atoms with Crippen molar-refractivity contribution >= 4 is 5.97 Å². The number of carbonyl (C=O) groups is 1. The Kier molecular flexibility index (Phi) is 5.01. The molecule has 1 N–H and O–H groups in total. The number of carboxylic acid groups (broad SMARTS) is 1. The van der Waals surface area contributed by atoms with Gasteiger partial charge < -0.3 is 5.11 Å². The molecule has 0 bridgehead atoms. The second-order valence-corrected chi connectivity index (χ2v) is 2.45. The number of benzene rings is 1. The smallest absolute Gasteiger partial charge is 0.335 e. The predicted molar refractivity (Wildman–Crippen MR) is 54.2 cm³/mol. The molecule has 1 aromatic rings. The van der Waals surface area contributed by atoms with Crippen LogP contribution in [0.3, 0.4) is 0 Å². The van der Waals surface area contributed by atoms with E-state index in [1.165, 1.54) is 18.2 Å². The summed E-state index contributed by atoms with van der Waals surface area (Å²) in [5.41, 5.74) is 1.42. The normalized spacial score (nSPS) is 8.14. The minimum Gasteiger partial charge on any atom is -0.478 e. The van der Waals surface area contributed by atoms with Crippen LogP contribution in [0, 0.1) is 18.3 Å². The highest BCUT2D eigenvalue weighted by atomic mass is 16.4. The third-order valence-electron chi connectivity index (χ3n) is 1.59. The van der Waals surface area contributed by atoms with E-state index in [1.54, 1.807) is 6.92 Å². The van der Waals surface area contributed by atoms with Gasteiger partial charge in [-0.2, -0.15) is 5.26 Å². The van der Waals surface area contributed by atoms with Gasteiger partial charge in [0.25, 0.3) is 0 Å². The number of carboxylic acids is 1. The molecular weight excluding hydrogens is 178 g/mol. The van der Waals surface area contributed by atoms with Crippen LogP contribution in [0.25, 0.3) is 0 Å². The zero-order chi connectivity index (χ0) is 11.1. The molecule has 0 amide bonds. The molecule has 3 heteroatoms. The van der Waals surface area contributed by atoms with E-state index in [1.807, 2.05) is 19.9 Å². The van der Waals surface area contributed by atoms with Gasteiger partial charge in [-0.3, -0.25) is 0 Å². The van der Waals surface area contributed by atoms with E-state index in [4.69, 9.17) is 10.4 Å². The number of hydrogen-bond acceptors (Lipinski definition) is 2. The molecule has 74 valence electrons. The van der Waals surface area contributed by atoms with Gasteiger partial charge in [0.2, 0.25) is 0 Å². The highest BCUT2D eigenvalue weighted by Crippen LogP contribution is 2.09. The van der Waals surface area contributed by atoms with Gasteiger partial charge in [-0.15, -0.1) is 0 Å². The van der Waals surface area contributed by atoms with Crippen molar-refractivity contribution in [1.82, 2.24) is 0 Å². The van der Waals surface area contributed by atoms with Crippen LogP contribution in [0.2, 0.25) is 0 Å². The molecule has 1 rings (SSSR count). The van der Waals surface area contributed by atoms with Crippen molar-refractivity contribution in [2.75, 3.05) is 0 Å². The third-order valence-corrected chi connectivity index (χ3v) is 1.59. The van der Waals surface area contributed by atoms with Crippen molar-refractivity contribution < 1.29 is 9.90 Å². The molecule has 0 fully saturated rings. The predicted octanol–water partition coefficient (Wildman–Crippen LogP) is 2.59. The average molecular weight is 191 g/mol. The van der Waals surface area contributed by atoms with Crippen molar-refractivity contribution in [3.8, 4) is 6.07 Å². The van der Waals surface area contributed by atoms with Crippen LogP contribution in [0.4, 0.5) is 0 Å². The number of nitriles is 1. The summed E-state index contributed by atoms with van der Waals surface area (Å²) in [4.78, 5) is 10.5. The second-order valence-electron chi connectivity index (χ2n) is 2.45. The molecule has 0 aliphatic rings. The largest absolute Gasteiger partial charge is 0.478 e. The van der Waals surface area contributed by atoms with Crippen LogP contribution in [0.5, 0.6) is 0 Å². The second kappa shape index (κ2) is 5.76. The van der Waals surface area contributed by atoms with Gasteiger partial charge in [-0.25, -0.2) is 4.79 Å². The molecule has 3 nitrogen and oxygen atoms in total. The average Bonchev–Trinajstić information content (AvgIpc) is 2.20. The number of aromatic carboxylic acids is 1. The fourth-order valence-electron chi connectivity index (χ4n) is 0.922. The van der Waals surface area contributed by atoms with Gasteiger partial charge in [0, 0.05) is 0 Å². The van der Waals surface area contributed by atoms with E-state index in [9.17, 15) is 4.79 Å². The maximum absolute atomic E-state index is 10.5. The molecule has 0 spiro atoms. The number of aryl methyl sites for hydroxylation is 1. The fraction of sp³-hybridized carbons (Fsp3) is 0.273. The van der Waals surface area contributed by atoms with Crippen LogP contribution >= 0.6 is 0 Å². The first-order valence-electron chi connectivity index (χ1n) is 4.39. The van der Waals surface area contributed by atoms with Crippen LogP contribution in [-0.2, 0) is 0 Å². The zero-order valence-electron chi connectivity index (χ0n) is 8.53. The van der Waals surface area contributed by atoms with Gasteiger partial charge in [-0.1, -0.05) is 13.8 Å². The SMILES string of the molecule is CC.Cc1cc(C(=O)O)ccc1C#N. The van der Waals surface area contributed by atoms with Crippen molar-refractivity contribution in [2.24, 2.45) is 0 Å². The molecule has 0 radical (unpaired) electrons. The standard InChI is InChI=1S/C9H7NO2.C2H6/c1-6-4-7(9(11)12)2-3-8(6)5-10;1-2/h2-4H,1H3,(H,11,12);1-2H3. The van der Waals surface area contributed by atoms with Crippen molar-refractivity contribution in [1.29, 1.82) is 5.26 Å². The molecule has 0 atom stereocenters. The fourth-order valence-corrected chi connectivity index (χ4v) is 0.922. The molecule has 0 aliphatic carbocycles. The van der Waals surface area contributed by atoms with E-state index < -0.39 is 5.97 Å². The maximum Gasteiger partial charge on any atom is 0.335 e. The minimum absolute atomic E-state index is 0.214. The van der Waals surface area contributed by atoms with Gasteiger partial charge in [0.05, 0.1) is 17.2 Å². The Bertz CT molecular complexity index is 364. The monoisotopic (exact) mass is 191 g/mol. The summed E-state index contributed by atoms with van der Waals surface area (Å²) < 4.78 is 0. The van der Waals surface area contributed by atoms with Gasteiger partial charge >= 0.3 is 5.97 Å². The van der Waals surface area contributed by atoms with Crippen LogP contribution in [-0.4, -0.2) is 11.1 Å². The van der Waals surface area contributed by atoms with Gasteiger partial charge in [0.15, 0.2) is 0 Å². The molecule has 0 saturated carbocycles. The number of rotatable bonds is 1. The first-order valence-corrected chi connectivity index (χ1v) is 4.39. The van der Waals surface area contributed by atoms with Gasteiger partial charge in [-0.05, 0) is 30.7 Å². The van der Waals surface area contributed by atoms with Crippen LogP contribution in [0.15, 0.2) is 18.2 Å². The van der Waals surface area contributed by atoms with E-state index in [0.717, 1.165) is 0 Å².